The van der Waals surface area contributed by atoms with Gasteiger partial charge in [-0.1, -0.05) is 41.9 Å². The summed E-state index contributed by atoms with van der Waals surface area (Å²) < 4.78 is 38.7. The minimum absolute atomic E-state index is 0.0634. The van der Waals surface area contributed by atoms with Crippen molar-refractivity contribution in [3.63, 3.8) is 0 Å². The molecule has 1 aliphatic heterocycles. The number of ether oxygens (including phenoxy) is 2. The van der Waals surface area contributed by atoms with E-state index in [1.54, 1.807) is 18.2 Å². The molecule has 1 aliphatic rings. The predicted octanol–water partition coefficient (Wildman–Crippen LogP) is 3.86. The third-order valence-corrected chi connectivity index (χ3v) is 7.46. The molecule has 7 nitrogen and oxygen atoms in total. The summed E-state index contributed by atoms with van der Waals surface area (Å²) >= 11 is 6.14. The van der Waals surface area contributed by atoms with Crippen molar-refractivity contribution >= 4 is 27.5 Å². The lowest BCUT2D eigenvalue weighted by Gasteiger charge is -2.20. The number of methoxy groups -OCH3 is 1. The first kappa shape index (κ1) is 23.1. The number of carbonyl (C=O) groups is 1. The Morgan fingerprint density at radius 1 is 1.12 bits per heavy atom. The minimum Gasteiger partial charge on any atom is -0.495 e. The molecule has 0 atom stereocenters. The van der Waals surface area contributed by atoms with Gasteiger partial charge in [0.1, 0.15) is 18.1 Å². The number of rotatable bonds is 6. The highest BCUT2D eigenvalue weighted by atomic mass is 35.5. The van der Waals surface area contributed by atoms with E-state index in [1.165, 1.54) is 29.6 Å². The maximum Gasteiger partial charge on any atom is 0.251 e. The van der Waals surface area contributed by atoms with E-state index in [-0.39, 0.29) is 35.5 Å². The molecule has 33 heavy (non-hydrogen) atoms. The summed E-state index contributed by atoms with van der Waals surface area (Å²) in [5, 5.41) is 3.09. The first-order valence-electron chi connectivity index (χ1n) is 10.3. The van der Waals surface area contributed by atoms with Crippen LogP contribution >= 0.6 is 11.6 Å². The van der Waals surface area contributed by atoms with Crippen molar-refractivity contribution in [1.82, 2.24) is 9.62 Å². The number of halogens is 1. The van der Waals surface area contributed by atoms with Gasteiger partial charge in [0.2, 0.25) is 10.0 Å². The van der Waals surface area contributed by atoms with Crippen LogP contribution in [-0.4, -0.2) is 38.9 Å². The summed E-state index contributed by atoms with van der Waals surface area (Å²) in [6.45, 7) is 0.818. The van der Waals surface area contributed by atoms with Gasteiger partial charge in [-0.3, -0.25) is 4.79 Å². The Morgan fingerprint density at radius 3 is 2.64 bits per heavy atom. The summed E-state index contributed by atoms with van der Waals surface area (Å²) in [4.78, 5) is 12.7. The van der Waals surface area contributed by atoms with Gasteiger partial charge in [-0.25, -0.2) is 8.42 Å². The van der Waals surface area contributed by atoms with Crippen molar-refractivity contribution in [2.24, 2.45) is 0 Å². The number of hydrogen-bond acceptors (Lipinski definition) is 5. The van der Waals surface area contributed by atoms with Gasteiger partial charge in [-0.2, -0.15) is 4.31 Å². The molecule has 0 aliphatic carbocycles. The Balaban J connectivity index is 1.55. The molecular weight excluding hydrogens is 464 g/mol. The first-order valence-corrected chi connectivity index (χ1v) is 12.1. The van der Waals surface area contributed by atoms with Crippen LogP contribution in [0.1, 0.15) is 21.5 Å². The van der Waals surface area contributed by atoms with Crippen LogP contribution in [0.2, 0.25) is 5.02 Å². The van der Waals surface area contributed by atoms with Gasteiger partial charge < -0.3 is 14.8 Å². The van der Waals surface area contributed by atoms with Crippen LogP contribution in [-0.2, 0) is 23.1 Å². The molecule has 0 aromatic heterocycles. The molecule has 3 aromatic carbocycles. The van der Waals surface area contributed by atoms with E-state index in [0.29, 0.717) is 29.2 Å². The Hall–Kier alpha value is -3.07. The zero-order chi connectivity index (χ0) is 23.4. The number of nitrogens with one attached hydrogen (secondary N) is 1. The largest absolute Gasteiger partial charge is 0.495 e. The number of benzene rings is 3. The van der Waals surface area contributed by atoms with Gasteiger partial charge in [0.15, 0.2) is 0 Å². The molecule has 9 heteroatoms. The second-order valence-electron chi connectivity index (χ2n) is 7.47. The van der Waals surface area contributed by atoms with Crippen molar-refractivity contribution in [3.05, 3.63) is 88.4 Å². The second kappa shape index (κ2) is 9.82. The molecule has 0 saturated heterocycles. The smallest absolute Gasteiger partial charge is 0.251 e. The molecule has 1 heterocycles. The normalized spacial score (nSPS) is 14.0. The second-order valence-corrected chi connectivity index (χ2v) is 9.82. The fraction of sp³-hybridized carbons (Fsp3) is 0.208. The van der Waals surface area contributed by atoms with Crippen LogP contribution in [0.25, 0.3) is 0 Å². The molecule has 0 saturated carbocycles. The van der Waals surface area contributed by atoms with Gasteiger partial charge in [0, 0.05) is 30.8 Å². The molecule has 172 valence electrons. The topological polar surface area (TPSA) is 84.9 Å². The average Bonchev–Trinajstić information content (AvgIpc) is 3.05. The number of amides is 1. The quantitative estimate of drug-likeness (QED) is 0.572. The van der Waals surface area contributed by atoms with Crippen molar-refractivity contribution in [1.29, 1.82) is 0 Å². The van der Waals surface area contributed by atoms with Crippen LogP contribution in [0, 0.1) is 0 Å². The van der Waals surface area contributed by atoms with Crippen molar-refractivity contribution in [2.75, 3.05) is 20.3 Å². The number of fused-ring (bicyclic) bond motifs is 1. The molecule has 1 N–H and O–H groups in total. The van der Waals surface area contributed by atoms with Crippen molar-refractivity contribution in [3.8, 4) is 11.5 Å². The van der Waals surface area contributed by atoms with E-state index in [2.05, 4.69) is 5.32 Å². The summed E-state index contributed by atoms with van der Waals surface area (Å²) in [6, 6.07) is 19.0. The maximum atomic E-state index is 13.3. The molecule has 1 amide bonds. The van der Waals surface area contributed by atoms with E-state index in [0.717, 1.165) is 5.56 Å². The molecular formula is C24H23ClN2O5S. The molecule has 3 aromatic rings. The van der Waals surface area contributed by atoms with E-state index in [4.69, 9.17) is 21.1 Å². The van der Waals surface area contributed by atoms with Crippen LogP contribution in [0.5, 0.6) is 11.5 Å². The third-order valence-electron chi connectivity index (χ3n) is 5.32. The van der Waals surface area contributed by atoms with Crippen molar-refractivity contribution in [2.45, 2.75) is 18.0 Å². The fourth-order valence-corrected chi connectivity index (χ4v) is 5.30. The van der Waals surface area contributed by atoms with Gasteiger partial charge in [0.25, 0.3) is 5.91 Å². The number of nitrogens with zero attached hydrogens (tertiary/aromatic N) is 1. The Bertz CT molecular complexity index is 1270. The van der Waals surface area contributed by atoms with Gasteiger partial charge in [-0.15, -0.1) is 0 Å². The average molecular weight is 487 g/mol. The highest BCUT2D eigenvalue weighted by Gasteiger charge is 2.29. The van der Waals surface area contributed by atoms with Gasteiger partial charge in [0.05, 0.1) is 17.0 Å². The van der Waals surface area contributed by atoms with Crippen molar-refractivity contribution < 1.29 is 22.7 Å². The summed E-state index contributed by atoms with van der Waals surface area (Å²) in [7, 11) is -2.38. The Morgan fingerprint density at radius 2 is 1.91 bits per heavy atom. The summed E-state index contributed by atoms with van der Waals surface area (Å²) in [5.41, 5.74) is 2.03. The fourth-order valence-electron chi connectivity index (χ4n) is 3.55. The maximum absolute atomic E-state index is 13.3. The summed E-state index contributed by atoms with van der Waals surface area (Å²) in [5.74, 6) is 0.702. The zero-order valence-electron chi connectivity index (χ0n) is 18.0. The lowest BCUT2D eigenvalue weighted by Crippen LogP contribution is -2.32. The highest BCUT2D eigenvalue weighted by molar-refractivity contribution is 7.89. The number of carbonyl (C=O) groups excluding carboxylic acids is 1. The monoisotopic (exact) mass is 486 g/mol. The standard InChI is InChI=1S/C24H23ClN2O5S/c1-31-23-10-8-20(14-21(23)25)33(29,30)27-11-12-32-22-9-7-18(13-19(22)16-27)24(28)26-15-17-5-3-2-4-6-17/h2-10,13-14H,11-12,15-16H2,1H3,(H,26,28). The van der Waals surface area contributed by atoms with E-state index in [1.807, 2.05) is 30.3 Å². The lowest BCUT2D eigenvalue weighted by molar-refractivity contribution is 0.0950. The zero-order valence-corrected chi connectivity index (χ0v) is 19.5. The first-order chi connectivity index (χ1) is 15.9. The number of hydrogen-bond donors (Lipinski definition) is 1. The third kappa shape index (κ3) is 5.13. The van der Waals surface area contributed by atoms with Crippen LogP contribution < -0.4 is 14.8 Å². The van der Waals surface area contributed by atoms with Crippen LogP contribution in [0.15, 0.2) is 71.6 Å². The molecule has 0 radical (unpaired) electrons. The summed E-state index contributed by atoms with van der Waals surface area (Å²) in [6.07, 6.45) is 0. The Kier molecular flexibility index (Phi) is 6.88. The van der Waals surface area contributed by atoms with E-state index < -0.39 is 10.0 Å². The van der Waals surface area contributed by atoms with Crippen LogP contribution in [0.4, 0.5) is 0 Å². The van der Waals surface area contributed by atoms with Gasteiger partial charge in [-0.05, 0) is 42.0 Å². The highest BCUT2D eigenvalue weighted by Crippen LogP contribution is 2.31. The minimum atomic E-state index is -3.84. The van der Waals surface area contributed by atoms with E-state index >= 15 is 0 Å². The molecule has 0 spiro atoms. The lowest BCUT2D eigenvalue weighted by atomic mass is 10.1. The Labute approximate surface area is 197 Å². The van der Waals surface area contributed by atoms with Crippen LogP contribution in [0.3, 0.4) is 0 Å². The van der Waals surface area contributed by atoms with E-state index in [9.17, 15) is 13.2 Å². The number of sulfonamides is 1. The SMILES string of the molecule is COc1ccc(S(=O)(=O)N2CCOc3ccc(C(=O)NCc4ccccc4)cc3C2)cc1Cl. The van der Waals surface area contributed by atoms with Gasteiger partial charge >= 0.3 is 0 Å². The molecule has 0 bridgehead atoms. The molecule has 0 unspecified atom stereocenters. The molecule has 0 fully saturated rings. The molecule has 4 rings (SSSR count). The predicted molar refractivity (Wildman–Crippen MR) is 125 cm³/mol.